The van der Waals surface area contributed by atoms with Gasteiger partial charge in [-0.25, -0.2) is 0 Å². The second kappa shape index (κ2) is 9.63. The molecule has 0 aromatic heterocycles. The molecule has 1 saturated heterocycles. The van der Waals surface area contributed by atoms with Crippen LogP contribution in [0, 0.1) is 5.92 Å². The third-order valence-electron chi connectivity index (χ3n) is 6.45. The summed E-state index contributed by atoms with van der Waals surface area (Å²) in [5, 5.41) is 0. The van der Waals surface area contributed by atoms with Gasteiger partial charge in [-0.15, -0.1) is 0 Å². The highest BCUT2D eigenvalue weighted by atomic mass is 16.5. The molecular formula is C25H32N2O3. The molecule has 1 aliphatic carbocycles. The van der Waals surface area contributed by atoms with Crippen molar-refractivity contribution in [2.24, 2.45) is 5.92 Å². The Balaban J connectivity index is 1.22. The molecule has 1 fully saturated rings. The molecule has 4 rings (SSSR count). The van der Waals surface area contributed by atoms with Gasteiger partial charge in [-0.3, -0.25) is 9.69 Å². The van der Waals surface area contributed by atoms with Crippen LogP contribution in [-0.4, -0.2) is 62.5 Å². The summed E-state index contributed by atoms with van der Waals surface area (Å²) in [5.41, 5.74) is 3.29. The van der Waals surface area contributed by atoms with Crippen molar-refractivity contribution in [2.75, 3.05) is 46.9 Å². The summed E-state index contributed by atoms with van der Waals surface area (Å²) in [6.45, 7) is 6.56. The van der Waals surface area contributed by atoms with E-state index in [0.717, 1.165) is 69.7 Å². The van der Waals surface area contributed by atoms with Crippen molar-refractivity contribution in [3.05, 3.63) is 59.2 Å². The Bertz CT molecular complexity index is 860. The molecule has 0 saturated carbocycles. The molecule has 1 heterocycles. The predicted molar refractivity (Wildman–Crippen MR) is 118 cm³/mol. The Labute approximate surface area is 179 Å². The zero-order valence-corrected chi connectivity index (χ0v) is 18.1. The first-order valence-electron chi connectivity index (χ1n) is 11.0. The van der Waals surface area contributed by atoms with Crippen LogP contribution in [0.5, 0.6) is 11.5 Å². The number of benzene rings is 2. The Morgan fingerprint density at radius 3 is 2.30 bits per heavy atom. The average molecular weight is 409 g/mol. The summed E-state index contributed by atoms with van der Waals surface area (Å²) >= 11 is 0. The summed E-state index contributed by atoms with van der Waals surface area (Å²) in [5.74, 6) is 1.70. The van der Waals surface area contributed by atoms with Crippen LogP contribution in [0.25, 0.3) is 0 Å². The lowest BCUT2D eigenvalue weighted by atomic mass is 9.99. The lowest BCUT2D eigenvalue weighted by Gasteiger charge is -2.34. The molecular weight excluding hydrogens is 376 g/mol. The van der Waals surface area contributed by atoms with Crippen LogP contribution in [-0.2, 0) is 13.0 Å². The standard InChI is InChI=1S/C25H32N2O3/c1-29-23-16-21-15-20(25(28)22(21)17-24(23)30-2)9-6-10-26-11-13-27(14-12-26)18-19-7-4-3-5-8-19/h3-5,7-8,16-17,20H,6,9-15,18H2,1-2H3. The van der Waals surface area contributed by atoms with E-state index in [1.165, 1.54) is 5.56 Å². The number of ketones is 1. The number of fused-ring (bicyclic) bond motifs is 1. The van der Waals surface area contributed by atoms with Crippen molar-refractivity contribution >= 4 is 5.78 Å². The van der Waals surface area contributed by atoms with Gasteiger partial charge in [-0.05, 0) is 49.1 Å². The highest BCUT2D eigenvalue weighted by Gasteiger charge is 2.31. The Morgan fingerprint density at radius 2 is 1.60 bits per heavy atom. The minimum atomic E-state index is 0.0937. The Kier molecular flexibility index (Phi) is 6.70. The fourth-order valence-corrected chi connectivity index (χ4v) is 4.70. The van der Waals surface area contributed by atoms with Crippen LogP contribution >= 0.6 is 0 Å². The smallest absolute Gasteiger partial charge is 0.166 e. The van der Waals surface area contributed by atoms with Gasteiger partial charge in [0.1, 0.15) is 0 Å². The van der Waals surface area contributed by atoms with Gasteiger partial charge in [0.25, 0.3) is 0 Å². The van der Waals surface area contributed by atoms with Crippen LogP contribution in [0.1, 0.15) is 34.3 Å². The second-order valence-electron chi connectivity index (χ2n) is 8.38. The topological polar surface area (TPSA) is 42.0 Å². The maximum Gasteiger partial charge on any atom is 0.166 e. The first-order valence-corrected chi connectivity index (χ1v) is 11.0. The van der Waals surface area contributed by atoms with Crippen LogP contribution in [0.2, 0.25) is 0 Å². The Hall–Kier alpha value is -2.37. The van der Waals surface area contributed by atoms with Crippen LogP contribution < -0.4 is 9.47 Å². The van der Waals surface area contributed by atoms with E-state index in [0.29, 0.717) is 11.5 Å². The maximum absolute atomic E-state index is 12.8. The molecule has 2 aliphatic rings. The van der Waals surface area contributed by atoms with Crippen molar-refractivity contribution in [3.63, 3.8) is 0 Å². The third kappa shape index (κ3) is 4.68. The number of hydrogen-bond acceptors (Lipinski definition) is 5. The van der Waals surface area contributed by atoms with Gasteiger partial charge in [0, 0.05) is 44.2 Å². The molecule has 0 spiro atoms. The molecule has 2 aromatic rings. The number of carbonyl (C=O) groups is 1. The summed E-state index contributed by atoms with van der Waals surface area (Å²) in [4.78, 5) is 17.9. The van der Waals surface area contributed by atoms with Gasteiger partial charge in [-0.1, -0.05) is 30.3 Å². The number of Topliss-reactive ketones (excluding diaryl/α,β-unsaturated/α-hetero) is 1. The summed E-state index contributed by atoms with van der Waals surface area (Å²) in [6, 6.07) is 14.5. The van der Waals surface area contributed by atoms with E-state index >= 15 is 0 Å². The minimum Gasteiger partial charge on any atom is -0.493 e. The minimum absolute atomic E-state index is 0.0937. The monoisotopic (exact) mass is 408 g/mol. The van der Waals surface area contributed by atoms with E-state index in [4.69, 9.17) is 9.47 Å². The predicted octanol–water partition coefficient (Wildman–Crippen LogP) is 3.66. The molecule has 1 unspecified atom stereocenters. The van der Waals surface area contributed by atoms with Crippen molar-refractivity contribution in [2.45, 2.75) is 25.8 Å². The van der Waals surface area contributed by atoms with E-state index < -0.39 is 0 Å². The molecule has 5 heteroatoms. The summed E-state index contributed by atoms with van der Waals surface area (Å²) in [7, 11) is 3.25. The molecule has 1 aliphatic heterocycles. The van der Waals surface area contributed by atoms with Gasteiger partial charge < -0.3 is 14.4 Å². The molecule has 5 nitrogen and oxygen atoms in total. The molecule has 30 heavy (non-hydrogen) atoms. The van der Waals surface area contributed by atoms with Crippen molar-refractivity contribution in [1.82, 2.24) is 9.80 Å². The summed E-state index contributed by atoms with van der Waals surface area (Å²) < 4.78 is 10.8. The highest BCUT2D eigenvalue weighted by Crippen LogP contribution is 2.37. The highest BCUT2D eigenvalue weighted by molar-refractivity contribution is 6.02. The second-order valence-corrected chi connectivity index (χ2v) is 8.38. The lowest BCUT2D eigenvalue weighted by Crippen LogP contribution is -2.46. The van der Waals surface area contributed by atoms with Crippen molar-refractivity contribution in [3.8, 4) is 11.5 Å². The molecule has 0 amide bonds. The first-order chi connectivity index (χ1) is 14.7. The number of rotatable bonds is 8. The number of hydrogen-bond donors (Lipinski definition) is 0. The van der Waals surface area contributed by atoms with Gasteiger partial charge in [0.2, 0.25) is 0 Å². The largest absolute Gasteiger partial charge is 0.493 e. The number of carbonyl (C=O) groups excluding carboxylic acids is 1. The van der Waals surface area contributed by atoms with E-state index in [9.17, 15) is 4.79 Å². The molecule has 160 valence electrons. The molecule has 0 radical (unpaired) electrons. The van der Waals surface area contributed by atoms with E-state index in [1.54, 1.807) is 14.2 Å². The van der Waals surface area contributed by atoms with Crippen LogP contribution in [0.4, 0.5) is 0 Å². The molecule has 1 atom stereocenters. The molecule has 0 N–H and O–H groups in total. The normalized spacial score (nSPS) is 19.7. The van der Waals surface area contributed by atoms with Gasteiger partial charge >= 0.3 is 0 Å². The third-order valence-corrected chi connectivity index (χ3v) is 6.45. The average Bonchev–Trinajstić information content (AvgIpc) is 3.09. The summed E-state index contributed by atoms with van der Waals surface area (Å²) in [6.07, 6.45) is 2.83. The SMILES string of the molecule is COc1cc2c(cc1OC)C(=O)C(CCCN1CCN(Cc3ccccc3)CC1)C2. The lowest BCUT2D eigenvalue weighted by molar-refractivity contribution is 0.0919. The van der Waals surface area contributed by atoms with Crippen molar-refractivity contribution in [1.29, 1.82) is 0 Å². The van der Waals surface area contributed by atoms with Crippen LogP contribution in [0.3, 0.4) is 0 Å². The quantitative estimate of drug-likeness (QED) is 0.667. The van der Waals surface area contributed by atoms with Gasteiger partial charge in [-0.2, -0.15) is 0 Å². The van der Waals surface area contributed by atoms with E-state index in [2.05, 4.69) is 40.1 Å². The number of nitrogens with zero attached hydrogens (tertiary/aromatic N) is 2. The van der Waals surface area contributed by atoms with E-state index in [1.807, 2.05) is 12.1 Å². The maximum atomic E-state index is 12.8. The van der Waals surface area contributed by atoms with Gasteiger partial charge in [0.15, 0.2) is 17.3 Å². The number of piperazine rings is 1. The van der Waals surface area contributed by atoms with Gasteiger partial charge in [0.05, 0.1) is 14.2 Å². The molecule has 0 bridgehead atoms. The van der Waals surface area contributed by atoms with Crippen LogP contribution in [0.15, 0.2) is 42.5 Å². The Morgan fingerprint density at radius 1 is 0.933 bits per heavy atom. The number of methoxy groups -OCH3 is 2. The fourth-order valence-electron chi connectivity index (χ4n) is 4.70. The molecule has 2 aromatic carbocycles. The first kappa shape index (κ1) is 20.9. The zero-order valence-electron chi connectivity index (χ0n) is 18.1. The fraction of sp³-hybridized carbons (Fsp3) is 0.480. The number of ether oxygens (including phenoxy) is 2. The van der Waals surface area contributed by atoms with Crippen molar-refractivity contribution < 1.29 is 14.3 Å². The zero-order chi connectivity index (χ0) is 20.9. The van der Waals surface area contributed by atoms with E-state index in [-0.39, 0.29) is 11.7 Å².